The molecule has 1 aliphatic carbocycles. The summed E-state index contributed by atoms with van der Waals surface area (Å²) >= 11 is 0. The van der Waals surface area contributed by atoms with Crippen LogP contribution in [-0.2, 0) is 0 Å². The smallest absolute Gasteiger partial charge is 0.165 e. The first-order valence-electron chi connectivity index (χ1n) is 5.29. The highest BCUT2D eigenvalue weighted by Crippen LogP contribution is 2.37. The third-order valence-electron chi connectivity index (χ3n) is 2.89. The van der Waals surface area contributed by atoms with E-state index in [1.54, 1.807) is 6.07 Å². The van der Waals surface area contributed by atoms with E-state index < -0.39 is 0 Å². The van der Waals surface area contributed by atoms with Crippen molar-refractivity contribution in [2.24, 2.45) is 11.7 Å². The number of ether oxygens (including phenoxy) is 1. The molecule has 0 aliphatic heterocycles. The lowest BCUT2D eigenvalue weighted by molar-refractivity contribution is 0.385. The van der Waals surface area contributed by atoms with Crippen LogP contribution >= 0.6 is 0 Å². The van der Waals surface area contributed by atoms with E-state index in [0.29, 0.717) is 0 Å². The monoisotopic (exact) mass is 209 g/mol. The number of nitrogens with two attached hydrogens (primary N) is 1. The van der Waals surface area contributed by atoms with Gasteiger partial charge in [0.1, 0.15) is 0 Å². The quantitative estimate of drug-likeness (QED) is 0.827. The fourth-order valence-electron chi connectivity index (χ4n) is 1.76. The van der Waals surface area contributed by atoms with Crippen molar-refractivity contribution in [1.29, 1.82) is 0 Å². The maximum absolute atomic E-state index is 13.4. The minimum absolute atomic E-state index is 0.0436. The van der Waals surface area contributed by atoms with E-state index in [-0.39, 0.29) is 17.6 Å². The predicted molar refractivity (Wildman–Crippen MR) is 57.2 cm³/mol. The molecule has 2 N–H and O–H groups in total. The van der Waals surface area contributed by atoms with Crippen LogP contribution < -0.4 is 10.5 Å². The molecule has 82 valence electrons. The molecule has 2 rings (SSSR count). The molecule has 0 bridgehead atoms. The van der Waals surface area contributed by atoms with Crippen molar-refractivity contribution < 1.29 is 9.13 Å². The van der Waals surface area contributed by atoms with Gasteiger partial charge in [0.2, 0.25) is 0 Å². The van der Waals surface area contributed by atoms with Gasteiger partial charge in [-0.15, -0.1) is 0 Å². The first kappa shape index (κ1) is 10.4. The van der Waals surface area contributed by atoms with Crippen LogP contribution in [-0.4, -0.2) is 7.11 Å². The van der Waals surface area contributed by atoms with Gasteiger partial charge in [-0.05, 0) is 30.0 Å². The van der Waals surface area contributed by atoms with Crippen LogP contribution in [0.4, 0.5) is 4.39 Å². The molecule has 0 amide bonds. The van der Waals surface area contributed by atoms with Gasteiger partial charge in [0.05, 0.1) is 7.11 Å². The molecular formula is C12H16FNO. The molecule has 1 fully saturated rings. The number of hydrogen-bond donors (Lipinski definition) is 1. The Morgan fingerprint density at radius 3 is 2.80 bits per heavy atom. The molecule has 0 spiro atoms. The molecule has 1 saturated carbocycles. The highest BCUT2D eigenvalue weighted by Gasteiger charge is 2.24. The zero-order valence-electron chi connectivity index (χ0n) is 8.87. The van der Waals surface area contributed by atoms with Crippen LogP contribution in [0.3, 0.4) is 0 Å². The van der Waals surface area contributed by atoms with E-state index in [9.17, 15) is 4.39 Å². The molecule has 2 nitrogen and oxygen atoms in total. The van der Waals surface area contributed by atoms with Crippen LogP contribution in [0.1, 0.15) is 30.9 Å². The first-order valence-corrected chi connectivity index (χ1v) is 5.29. The van der Waals surface area contributed by atoms with Gasteiger partial charge in [-0.2, -0.15) is 0 Å². The third kappa shape index (κ3) is 2.48. The van der Waals surface area contributed by atoms with E-state index in [1.165, 1.54) is 26.0 Å². The van der Waals surface area contributed by atoms with Crippen molar-refractivity contribution >= 4 is 0 Å². The van der Waals surface area contributed by atoms with Gasteiger partial charge in [-0.25, -0.2) is 4.39 Å². The Hall–Kier alpha value is -1.09. The fourth-order valence-corrected chi connectivity index (χ4v) is 1.76. The van der Waals surface area contributed by atoms with Gasteiger partial charge >= 0.3 is 0 Å². The Morgan fingerprint density at radius 1 is 1.53 bits per heavy atom. The summed E-state index contributed by atoms with van der Waals surface area (Å²) in [5.41, 5.74) is 6.85. The van der Waals surface area contributed by atoms with E-state index in [0.717, 1.165) is 17.9 Å². The largest absolute Gasteiger partial charge is 0.494 e. The van der Waals surface area contributed by atoms with Crippen molar-refractivity contribution in [3.05, 3.63) is 29.6 Å². The number of methoxy groups -OCH3 is 1. The minimum atomic E-state index is -0.332. The van der Waals surface area contributed by atoms with Crippen molar-refractivity contribution in [2.45, 2.75) is 25.3 Å². The van der Waals surface area contributed by atoms with Gasteiger partial charge in [-0.3, -0.25) is 0 Å². The van der Waals surface area contributed by atoms with Crippen LogP contribution in [0.15, 0.2) is 18.2 Å². The highest BCUT2D eigenvalue weighted by molar-refractivity contribution is 5.30. The van der Waals surface area contributed by atoms with Crippen molar-refractivity contribution in [1.82, 2.24) is 0 Å². The van der Waals surface area contributed by atoms with Gasteiger partial charge in [0.15, 0.2) is 11.6 Å². The third-order valence-corrected chi connectivity index (χ3v) is 2.89. The Labute approximate surface area is 89.2 Å². The second kappa shape index (κ2) is 4.19. The summed E-state index contributed by atoms with van der Waals surface area (Å²) in [6.45, 7) is 0. The van der Waals surface area contributed by atoms with Gasteiger partial charge in [0.25, 0.3) is 0 Å². The van der Waals surface area contributed by atoms with Crippen molar-refractivity contribution in [3.8, 4) is 5.75 Å². The average molecular weight is 209 g/mol. The van der Waals surface area contributed by atoms with Crippen LogP contribution in [0.2, 0.25) is 0 Å². The lowest BCUT2D eigenvalue weighted by atomic mass is 10.0. The molecule has 1 aromatic rings. The lowest BCUT2D eigenvalue weighted by Crippen LogP contribution is -2.11. The van der Waals surface area contributed by atoms with Crippen molar-refractivity contribution in [3.63, 3.8) is 0 Å². The Bertz CT molecular complexity index is 349. The minimum Gasteiger partial charge on any atom is -0.494 e. The molecule has 3 heteroatoms. The summed E-state index contributed by atoms with van der Waals surface area (Å²) in [4.78, 5) is 0. The van der Waals surface area contributed by atoms with Gasteiger partial charge in [-0.1, -0.05) is 18.9 Å². The SMILES string of the molecule is COc1ccc([C@@H](N)CC2CC2)cc1F. The number of rotatable bonds is 4. The maximum Gasteiger partial charge on any atom is 0.165 e. The maximum atomic E-state index is 13.4. The normalized spacial score (nSPS) is 17.5. The standard InChI is InChI=1S/C12H16FNO/c1-15-12-5-4-9(7-10(12)13)11(14)6-8-2-3-8/h4-5,7-8,11H,2-3,6,14H2,1H3/t11-/m0/s1. The first-order chi connectivity index (χ1) is 7.20. The number of benzene rings is 1. The van der Waals surface area contributed by atoms with Crippen LogP contribution in [0.25, 0.3) is 0 Å². The molecule has 15 heavy (non-hydrogen) atoms. The van der Waals surface area contributed by atoms with Gasteiger partial charge in [0, 0.05) is 6.04 Å². The Kier molecular flexibility index (Phi) is 2.91. The number of halogens is 1. The fraction of sp³-hybridized carbons (Fsp3) is 0.500. The molecule has 0 saturated heterocycles. The van der Waals surface area contributed by atoms with E-state index in [2.05, 4.69) is 0 Å². The van der Waals surface area contributed by atoms with E-state index >= 15 is 0 Å². The second-order valence-electron chi connectivity index (χ2n) is 4.18. The molecular weight excluding hydrogens is 193 g/mol. The van der Waals surface area contributed by atoms with Crippen LogP contribution in [0, 0.1) is 11.7 Å². The highest BCUT2D eigenvalue weighted by atomic mass is 19.1. The topological polar surface area (TPSA) is 35.2 Å². The average Bonchev–Trinajstić information content (AvgIpc) is 3.01. The Morgan fingerprint density at radius 2 is 2.27 bits per heavy atom. The summed E-state index contributed by atoms with van der Waals surface area (Å²) in [5, 5.41) is 0. The van der Waals surface area contributed by atoms with E-state index in [4.69, 9.17) is 10.5 Å². The summed E-state index contributed by atoms with van der Waals surface area (Å²) in [6.07, 6.45) is 3.50. The Balaban J connectivity index is 2.09. The zero-order valence-corrected chi connectivity index (χ0v) is 8.87. The summed E-state index contributed by atoms with van der Waals surface area (Å²) < 4.78 is 18.2. The van der Waals surface area contributed by atoms with E-state index in [1.807, 2.05) is 6.07 Å². The molecule has 0 heterocycles. The molecule has 0 radical (unpaired) electrons. The lowest BCUT2D eigenvalue weighted by Gasteiger charge is -2.12. The van der Waals surface area contributed by atoms with Crippen molar-refractivity contribution in [2.75, 3.05) is 7.11 Å². The summed E-state index contributed by atoms with van der Waals surface area (Å²) in [5.74, 6) is 0.698. The van der Waals surface area contributed by atoms with Gasteiger partial charge < -0.3 is 10.5 Å². The molecule has 0 aromatic heterocycles. The summed E-state index contributed by atoms with van der Waals surface area (Å²) in [7, 11) is 1.46. The second-order valence-corrected chi connectivity index (χ2v) is 4.18. The summed E-state index contributed by atoms with van der Waals surface area (Å²) in [6, 6.07) is 4.91. The molecule has 1 aliphatic rings. The molecule has 0 unspecified atom stereocenters. The van der Waals surface area contributed by atoms with Crippen LogP contribution in [0.5, 0.6) is 5.75 Å². The molecule has 1 atom stereocenters. The number of hydrogen-bond acceptors (Lipinski definition) is 2. The predicted octanol–water partition coefficient (Wildman–Crippen LogP) is 2.63. The zero-order chi connectivity index (χ0) is 10.8. The molecule has 1 aromatic carbocycles.